The molecule has 4 nitrogen and oxygen atoms in total. The van der Waals surface area contributed by atoms with Crippen LogP contribution in [0.4, 0.5) is 0 Å². The van der Waals surface area contributed by atoms with E-state index in [4.69, 9.17) is 16.0 Å². The number of benzene rings is 1. The lowest BCUT2D eigenvalue weighted by molar-refractivity contribution is 0.0901. The fourth-order valence-electron chi connectivity index (χ4n) is 1.66. The van der Waals surface area contributed by atoms with Crippen LogP contribution in [0, 0.1) is 6.92 Å². The minimum Gasteiger partial charge on any atom is -0.467 e. The summed E-state index contributed by atoms with van der Waals surface area (Å²) in [5.41, 5.74) is 1.34. The SMILES string of the molecule is Cc1cc(C(=O)NCC(O)c2ccco2)ccc1Cl. The normalized spacial score (nSPS) is 12.2. The third kappa shape index (κ3) is 3.36. The van der Waals surface area contributed by atoms with Gasteiger partial charge in [-0.25, -0.2) is 0 Å². The number of aliphatic hydroxyl groups is 1. The van der Waals surface area contributed by atoms with Gasteiger partial charge in [-0.15, -0.1) is 0 Å². The second-order valence-corrected chi connectivity index (χ2v) is 4.61. The quantitative estimate of drug-likeness (QED) is 0.904. The first kappa shape index (κ1) is 13.6. The van der Waals surface area contributed by atoms with Crippen LogP contribution in [0.5, 0.6) is 0 Å². The van der Waals surface area contributed by atoms with E-state index in [0.717, 1.165) is 5.56 Å². The minimum absolute atomic E-state index is 0.0913. The van der Waals surface area contributed by atoms with E-state index in [0.29, 0.717) is 16.3 Å². The molecule has 1 atom stereocenters. The monoisotopic (exact) mass is 279 g/mol. The van der Waals surface area contributed by atoms with Crippen LogP contribution in [0.2, 0.25) is 5.02 Å². The van der Waals surface area contributed by atoms with Gasteiger partial charge in [-0.1, -0.05) is 11.6 Å². The number of halogens is 1. The van der Waals surface area contributed by atoms with Gasteiger partial charge in [0.15, 0.2) is 0 Å². The average Bonchev–Trinajstić information content (AvgIpc) is 2.92. The number of aryl methyl sites for hydroxylation is 1. The Morgan fingerprint density at radius 3 is 2.89 bits per heavy atom. The van der Waals surface area contributed by atoms with Gasteiger partial charge < -0.3 is 14.8 Å². The molecule has 1 amide bonds. The lowest BCUT2D eigenvalue weighted by atomic mass is 10.1. The molecule has 0 bridgehead atoms. The minimum atomic E-state index is -0.854. The number of nitrogens with one attached hydrogen (secondary N) is 1. The number of rotatable bonds is 4. The summed E-state index contributed by atoms with van der Waals surface area (Å²) in [4.78, 5) is 11.9. The van der Waals surface area contributed by atoms with Crippen molar-refractivity contribution in [1.29, 1.82) is 0 Å². The summed E-state index contributed by atoms with van der Waals surface area (Å²) in [5.74, 6) is 0.165. The maximum atomic E-state index is 11.9. The smallest absolute Gasteiger partial charge is 0.251 e. The number of carbonyl (C=O) groups is 1. The molecule has 1 aromatic heterocycles. The molecule has 0 saturated heterocycles. The Morgan fingerprint density at radius 1 is 1.47 bits per heavy atom. The Balaban J connectivity index is 1.96. The van der Waals surface area contributed by atoms with Crippen LogP contribution in [0.3, 0.4) is 0 Å². The van der Waals surface area contributed by atoms with Gasteiger partial charge in [0.05, 0.1) is 12.8 Å². The fourth-order valence-corrected chi connectivity index (χ4v) is 1.78. The summed E-state index contributed by atoms with van der Waals surface area (Å²) in [6.45, 7) is 1.92. The summed E-state index contributed by atoms with van der Waals surface area (Å²) in [5, 5.41) is 13.0. The highest BCUT2D eigenvalue weighted by Crippen LogP contribution is 2.16. The van der Waals surface area contributed by atoms with Crippen molar-refractivity contribution < 1.29 is 14.3 Å². The standard InChI is InChI=1S/C14H14ClNO3/c1-9-7-10(4-5-11(9)15)14(18)16-8-12(17)13-3-2-6-19-13/h2-7,12,17H,8H2,1H3,(H,16,18). The van der Waals surface area contributed by atoms with Crippen molar-refractivity contribution in [1.82, 2.24) is 5.32 Å². The van der Waals surface area contributed by atoms with Crippen LogP contribution in [-0.2, 0) is 0 Å². The largest absolute Gasteiger partial charge is 0.467 e. The van der Waals surface area contributed by atoms with Crippen LogP contribution in [0.25, 0.3) is 0 Å². The topological polar surface area (TPSA) is 62.5 Å². The first-order valence-electron chi connectivity index (χ1n) is 5.83. The molecule has 0 aliphatic heterocycles. The Bertz CT molecular complexity index is 566. The van der Waals surface area contributed by atoms with Gasteiger partial charge in [0.1, 0.15) is 11.9 Å². The Labute approximate surface area is 116 Å². The number of furan rings is 1. The van der Waals surface area contributed by atoms with Crippen LogP contribution >= 0.6 is 11.6 Å². The van der Waals surface area contributed by atoms with Crippen molar-refractivity contribution in [3.8, 4) is 0 Å². The number of amides is 1. The van der Waals surface area contributed by atoms with Crippen molar-refractivity contribution in [3.63, 3.8) is 0 Å². The molecule has 0 spiro atoms. The summed E-state index contributed by atoms with van der Waals surface area (Å²) in [6, 6.07) is 8.36. The Morgan fingerprint density at radius 2 is 2.26 bits per heavy atom. The maximum Gasteiger partial charge on any atom is 0.251 e. The molecule has 100 valence electrons. The molecule has 5 heteroatoms. The van der Waals surface area contributed by atoms with E-state index >= 15 is 0 Å². The van der Waals surface area contributed by atoms with Crippen molar-refractivity contribution >= 4 is 17.5 Å². The summed E-state index contributed by atoms with van der Waals surface area (Å²) in [7, 11) is 0. The van der Waals surface area contributed by atoms with Gasteiger partial charge in [-0.05, 0) is 42.8 Å². The second kappa shape index (κ2) is 5.91. The lowest BCUT2D eigenvalue weighted by Gasteiger charge is -2.10. The Kier molecular flexibility index (Phi) is 4.24. The van der Waals surface area contributed by atoms with Crippen molar-refractivity contribution in [3.05, 3.63) is 58.5 Å². The highest BCUT2D eigenvalue weighted by atomic mass is 35.5. The molecular weight excluding hydrogens is 266 g/mol. The zero-order valence-corrected chi connectivity index (χ0v) is 11.1. The maximum absolute atomic E-state index is 11.9. The molecular formula is C14H14ClNO3. The number of hydrogen-bond donors (Lipinski definition) is 2. The highest BCUT2D eigenvalue weighted by Gasteiger charge is 2.13. The molecule has 0 saturated carbocycles. The molecule has 1 heterocycles. The van der Waals surface area contributed by atoms with Crippen LogP contribution in [0.15, 0.2) is 41.0 Å². The van der Waals surface area contributed by atoms with Crippen LogP contribution in [0.1, 0.15) is 27.8 Å². The number of aliphatic hydroxyl groups excluding tert-OH is 1. The van der Waals surface area contributed by atoms with Crippen molar-refractivity contribution in [2.75, 3.05) is 6.54 Å². The van der Waals surface area contributed by atoms with Gasteiger partial charge in [0, 0.05) is 10.6 Å². The van der Waals surface area contributed by atoms with Gasteiger partial charge in [-0.3, -0.25) is 4.79 Å². The van der Waals surface area contributed by atoms with E-state index in [9.17, 15) is 9.90 Å². The molecule has 0 radical (unpaired) electrons. The van der Waals surface area contributed by atoms with E-state index in [1.165, 1.54) is 6.26 Å². The average molecular weight is 280 g/mol. The lowest BCUT2D eigenvalue weighted by Crippen LogP contribution is -2.28. The third-order valence-electron chi connectivity index (χ3n) is 2.75. The molecule has 0 aliphatic rings. The second-order valence-electron chi connectivity index (χ2n) is 4.21. The van der Waals surface area contributed by atoms with E-state index in [-0.39, 0.29) is 12.5 Å². The summed E-state index contributed by atoms with van der Waals surface area (Å²) in [6.07, 6.45) is 0.621. The molecule has 1 unspecified atom stereocenters. The van der Waals surface area contributed by atoms with E-state index in [1.807, 2.05) is 6.92 Å². The Hall–Kier alpha value is -1.78. The predicted molar refractivity (Wildman–Crippen MR) is 72.2 cm³/mol. The molecule has 0 aliphatic carbocycles. The summed E-state index contributed by atoms with van der Waals surface area (Å²) < 4.78 is 5.05. The zero-order valence-electron chi connectivity index (χ0n) is 10.4. The molecule has 2 rings (SSSR count). The fraction of sp³-hybridized carbons (Fsp3) is 0.214. The van der Waals surface area contributed by atoms with Gasteiger partial charge in [0.25, 0.3) is 5.91 Å². The predicted octanol–water partition coefficient (Wildman–Crippen LogP) is 2.70. The van der Waals surface area contributed by atoms with E-state index in [1.54, 1.807) is 30.3 Å². The summed E-state index contributed by atoms with van der Waals surface area (Å²) >= 11 is 5.90. The van der Waals surface area contributed by atoms with Gasteiger partial charge in [0.2, 0.25) is 0 Å². The van der Waals surface area contributed by atoms with E-state index < -0.39 is 6.10 Å². The van der Waals surface area contributed by atoms with Crippen molar-refractivity contribution in [2.24, 2.45) is 0 Å². The van der Waals surface area contributed by atoms with E-state index in [2.05, 4.69) is 5.32 Å². The molecule has 19 heavy (non-hydrogen) atoms. The van der Waals surface area contributed by atoms with Gasteiger partial charge >= 0.3 is 0 Å². The van der Waals surface area contributed by atoms with Crippen LogP contribution in [-0.4, -0.2) is 17.6 Å². The first-order chi connectivity index (χ1) is 9.08. The van der Waals surface area contributed by atoms with Gasteiger partial charge in [-0.2, -0.15) is 0 Å². The molecule has 2 N–H and O–H groups in total. The zero-order chi connectivity index (χ0) is 13.8. The molecule has 2 aromatic rings. The first-order valence-corrected chi connectivity index (χ1v) is 6.21. The molecule has 1 aromatic carbocycles. The number of carbonyl (C=O) groups excluding carboxylic acids is 1. The number of hydrogen-bond acceptors (Lipinski definition) is 3. The van der Waals surface area contributed by atoms with Crippen molar-refractivity contribution in [2.45, 2.75) is 13.0 Å². The third-order valence-corrected chi connectivity index (χ3v) is 3.17. The molecule has 0 fully saturated rings. The van der Waals surface area contributed by atoms with Crippen LogP contribution < -0.4 is 5.32 Å². The highest BCUT2D eigenvalue weighted by molar-refractivity contribution is 6.31.